The van der Waals surface area contributed by atoms with Crippen LogP contribution < -0.4 is 4.74 Å². The van der Waals surface area contributed by atoms with Gasteiger partial charge >= 0.3 is 0 Å². The Hall–Kier alpha value is -2.68. The molecule has 1 aliphatic heterocycles. The molecule has 1 saturated heterocycles. The summed E-state index contributed by atoms with van der Waals surface area (Å²) in [5, 5.41) is 0.928. The van der Waals surface area contributed by atoms with Crippen LogP contribution in [0.1, 0.15) is 23.0 Å². The number of H-pyrrole nitrogens is 1. The third kappa shape index (κ3) is 3.98. The minimum absolute atomic E-state index is 0.0569. The van der Waals surface area contributed by atoms with Crippen LogP contribution in [0, 0.1) is 6.92 Å². The standard InChI is InChI=1S/C23H27N3O4S/c1-16-22(20-6-4-5-7-21(20)24-16)23(27)17(2)25-12-14-26(15-13-25)31(28,29)19-10-8-18(30-3)9-11-19/h4-11,17,24H,12-15H2,1-3H3. The van der Waals surface area contributed by atoms with Crippen molar-refractivity contribution in [2.75, 3.05) is 33.3 Å². The van der Waals surface area contributed by atoms with Crippen LogP contribution in [-0.4, -0.2) is 67.7 Å². The van der Waals surface area contributed by atoms with E-state index in [2.05, 4.69) is 9.88 Å². The molecule has 1 aromatic heterocycles. The molecular formula is C23H27N3O4S. The number of aromatic amines is 1. The van der Waals surface area contributed by atoms with E-state index < -0.39 is 10.0 Å². The monoisotopic (exact) mass is 441 g/mol. The summed E-state index contributed by atoms with van der Waals surface area (Å²) in [4.78, 5) is 18.9. The van der Waals surface area contributed by atoms with Gasteiger partial charge in [-0.25, -0.2) is 8.42 Å². The highest BCUT2D eigenvalue weighted by Crippen LogP contribution is 2.26. The van der Waals surface area contributed by atoms with E-state index in [1.54, 1.807) is 31.4 Å². The van der Waals surface area contributed by atoms with Crippen molar-refractivity contribution in [3.8, 4) is 5.75 Å². The van der Waals surface area contributed by atoms with Gasteiger partial charge in [-0.05, 0) is 44.2 Å². The number of Topliss-reactive ketones (excluding diaryl/α,β-unsaturated/α-hetero) is 1. The van der Waals surface area contributed by atoms with Gasteiger partial charge in [-0.3, -0.25) is 9.69 Å². The van der Waals surface area contributed by atoms with Crippen molar-refractivity contribution in [1.82, 2.24) is 14.2 Å². The normalized spacial score (nSPS) is 17.0. The van der Waals surface area contributed by atoms with Crippen LogP contribution in [-0.2, 0) is 10.0 Å². The second-order valence-electron chi connectivity index (χ2n) is 7.83. The predicted octanol–water partition coefficient (Wildman–Crippen LogP) is 3.06. The summed E-state index contributed by atoms with van der Waals surface area (Å²) < 4.78 is 32.5. The minimum atomic E-state index is -3.57. The zero-order valence-corrected chi connectivity index (χ0v) is 18.8. The van der Waals surface area contributed by atoms with E-state index in [0.29, 0.717) is 31.9 Å². The van der Waals surface area contributed by atoms with E-state index in [9.17, 15) is 13.2 Å². The molecule has 31 heavy (non-hydrogen) atoms. The molecule has 0 aliphatic carbocycles. The number of fused-ring (bicyclic) bond motifs is 1. The van der Waals surface area contributed by atoms with Gasteiger partial charge in [-0.15, -0.1) is 0 Å². The average molecular weight is 442 g/mol. The van der Waals surface area contributed by atoms with Crippen LogP contribution in [0.15, 0.2) is 53.4 Å². The number of aromatic nitrogens is 1. The molecule has 8 heteroatoms. The molecule has 0 radical (unpaired) electrons. The van der Waals surface area contributed by atoms with E-state index in [1.807, 2.05) is 38.1 Å². The highest BCUT2D eigenvalue weighted by atomic mass is 32.2. The van der Waals surface area contributed by atoms with Gasteiger partial charge < -0.3 is 9.72 Å². The van der Waals surface area contributed by atoms with Crippen molar-refractivity contribution in [1.29, 1.82) is 0 Å². The number of nitrogens with one attached hydrogen (secondary N) is 1. The van der Waals surface area contributed by atoms with E-state index >= 15 is 0 Å². The molecule has 1 aliphatic rings. The van der Waals surface area contributed by atoms with Crippen LogP contribution in [0.4, 0.5) is 0 Å². The lowest BCUT2D eigenvalue weighted by molar-refractivity contribution is 0.0783. The number of para-hydroxylation sites is 1. The van der Waals surface area contributed by atoms with Gasteiger partial charge in [0.05, 0.1) is 18.0 Å². The molecule has 4 rings (SSSR count). The maximum absolute atomic E-state index is 13.3. The summed E-state index contributed by atoms with van der Waals surface area (Å²) in [6.07, 6.45) is 0. The van der Waals surface area contributed by atoms with E-state index in [1.165, 1.54) is 4.31 Å². The van der Waals surface area contributed by atoms with Gasteiger partial charge in [0.2, 0.25) is 10.0 Å². The van der Waals surface area contributed by atoms with Crippen LogP contribution in [0.2, 0.25) is 0 Å². The lowest BCUT2D eigenvalue weighted by Gasteiger charge is -2.36. The first-order valence-corrected chi connectivity index (χ1v) is 11.8. The molecule has 1 atom stereocenters. The largest absolute Gasteiger partial charge is 0.497 e. The van der Waals surface area contributed by atoms with Gasteiger partial charge in [0.25, 0.3) is 0 Å². The van der Waals surface area contributed by atoms with Crippen molar-refractivity contribution in [3.63, 3.8) is 0 Å². The average Bonchev–Trinajstić information content (AvgIpc) is 3.13. The van der Waals surface area contributed by atoms with Crippen LogP contribution >= 0.6 is 0 Å². The molecule has 3 aromatic rings. The Morgan fingerprint density at radius 2 is 1.68 bits per heavy atom. The SMILES string of the molecule is COc1ccc(S(=O)(=O)N2CCN(C(C)C(=O)c3c(C)[nH]c4ccccc34)CC2)cc1. The number of rotatable bonds is 6. The maximum Gasteiger partial charge on any atom is 0.243 e. The molecule has 7 nitrogen and oxygen atoms in total. The van der Waals surface area contributed by atoms with E-state index in [-0.39, 0.29) is 16.7 Å². The van der Waals surface area contributed by atoms with Crippen molar-refractivity contribution >= 4 is 26.7 Å². The second-order valence-corrected chi connectivity index (χ2v) is 9.76. The fourth-order valence-electron chi connectivity index (χ4n) is 4.20. The number of ether oxygens (including phenoxy) is 1. The first-order valence-electron chi connectivity index (χ1n) is 10.3. The summed E-state index contributed by atoms with van der Waals surface area (Å²) in [6, 6.07) is 13.9. The van der Waals surface area contributed by atoms with Gasteiger partial charge in [0, 0.05) is 48.3 Å². The van der Waals surface area contributed by atoms with E-state index in [0.717, 1.165) is 22.2 Å². The lowest BCUT2D eigenvalue weighted by atomic mass is 10.0. The maximum atomic E-state index is 13.3. The Morgan fingerprint density at radius 1 is 1.03 bits per heavy atom. The highest BCUT2D eigenvalue weighted by Gasteiger charge is 2.33. The Bertz CT molecular complexity index is 1190. The summed E-state index contributed by atoms with van der Waals surface area (Å²) >= 11 is 0. The van der Waals surface area contributed by atoms with Crippen molar-refractivity contribution in [2.45, 2.75) is 24.8 Å². The summed E-state index contributed by atoms with van der Waals surface area (Å²) in [5.41, 5.74) is 2.53. The number of aryl methyl sites for hydroxylation is 1. The lowest BCUT2D eigenvalue weighted by Crippen LogP contribution is -2.53. The molecule has 1 fully saturated rings. The van der Waals surface area contributed by atoms with Gasteiger partial charge in [0.15, 0.2) is 5.78 Å². The minimum Gasteiger partial charge on any atom is -0.497 e. The fraction of sp³-hybridized carbons (Fsp3) is 0.348. The third-order valence-corrected chi connectivity index (χ3v) is 7.95. The van der Waals surface area contributed by atoms with Gasteiger partial charge in [-0.1, -0.05) is 18.2 Å². The molecule has 1 unspecified atom stereocenters. The molecule has 2 heterocycles. The quantitative estimate of drug-likeness (QED) is 0.595. The molecule has 0 amide bonds. The van der Waals surface area contributed by atoms with Crippen molar-refractivity contribution < 1.29 is 17.9 Å². The Kier molecular flexibility index (Phi) is 5.88. The predicted molar refractivity (Wildman–Crippen MR) is 120 cm³/mol. The van der Waals surface area contributed by atoms with Crippen LogP contribution in [0.25, 0.3) is 10.9 Å². The Balaban J connectivity index is 1.46. The van der Waals surface area contributed by atoms with Crippen molar-refractivity contribution in [3.05, 3.63) is 59.8 Å². The number of methoxy groups -OCH3 is 1. The molecule has 164 valence electrons. The smallest absolute Gasteiger partial charge is 0.243 e. The fourth-order valence-corrected chi connectivity index (χ4v) is 5.62. The zero-order chi connectivity index (χ0) is 22.2. The number of carbonyl (C=O) groups excluding carboxylic acids is 1. The van der Waals surface area contributed by atoms with E-state index in [4.69, 9.17) is 4.74 Å². The second kappa shape index (κ2) is 8.45. The van der Waals surface area contributed by atoms with Crippen molar-refractivity contribution in [2.24, 2.45) is 0 Å². The molecule has 0 saturated carbocycles. The number of benzene rings is 2. The summed E-state index contributed by atoms with van der Waals surface area (Å²) in [6.45, 7) is 5.52. The van der Waals surface area contributed by atoms with Gasteiger partial charge in [-0.2, -0.15) is 4.31 Å². The number of nitrogens with zero attached hydrogens (tertiary/aromatic N) is 2. The van der Waals surface area contributed by atoms with Crippen LogP contribution in [0.3, 0.4) is 0 Å². The Labute approximate surface area is 182 Å². The topological polar surface area (TPSA) is 82.7 Å². The number of sulfonamides is 1. The number of carbonyl (C=O) groups is 1. The molecule has 0 bridgehead atoms. The zero-order valence-electron chi connectivity index (χ0n) is 18.0. The number of hydrogen-bond acceptors (Lipinski definition) is 5. The summed E-state index contributed by atoms with van der Waals surface area (Å²) in [5.74, 6) is 0.671. The highest BCUT2D eigenvalue weighted by molar-refractivity contribution is 7.89. The first-order chi connectivity index (χ1) is 14.8. The number of piperazine rings is 1. The molecular weight excluding hydrogens is 414 g/mol. The number of ketones is 1. The number of hydrogen-bond donors (Lipinski definition) is 1. The van der Waals surface area contributed by atoms with Crippen LogP contribution in [0.5, 0.6) is 5.75 Å². The Morgan fingerprint density at radius 3 is 2.32 bits per heavy atom. The van der Waals surface area contributed by atoms with Gasteiger partial charge in [0.1, 0.15) is 5.75 Å². The molecule has 1 N–H and O–H groups in total. The third-order valence-electron chi connectivity index (χ3n) is 6.04. The first kappa shape index (κ1) is 21.5. The summed E-state index contributed by atoms with van der Waals surface area (Å²) in [7, 11) is -2.03. The molecule has 2 aromatic carbocycles. The molecule has 0 spiro atoms.